The van der Waals surface area contributed by atoms with E-state index in [4.69, 9.17) is 21.2 Å². The molecule has 0 aliphatic heterocycles. The number of aliphatic hydroxyl groups is 1. The summed E-state index contributed by atoms with van der Waals surface area (Å²) in [4.78, 5) is 0.0681. The summed E-state index contributed by atoms with van der Waals surface area (Å²) in [5, 5.41) is 24.2. The van der Waals surface area contributed by atoms with E-state index in [2.05, 4.69) is 5.16 Å². The maximum atomic E-state index is 13.3. The number of hydrogen-bond acceptors (Lipinski definition) is 6. The van der Waals surface area contributed by atoms with Gasteiger partial charge in [-0.3, -0.25) is 0 Å². The number of benzene rings is 2. The predicted octanol–water partition coefficient (Wildman–Crippen LogP) is 3.95. The zero-order valence-corrected chi connectivity index (χ0v) is 19.0. The predicted molar refractivity (Wildman–Crippen MR) is 125 cm³/mol. The average molecular weight is 488 g/mol. The third-order valence-electron chi connectivity index (χ3n) is 5.20. The van der Waals surface area contributed by atoms with Crippen molar-refractivity contribution in [2.24, 2.45) is 5.16 Å². The second-order valence-electron chi connectivity index (χ2n) is 7.48. The monoisotopic (exact) mass is 487 g/mol. The second kappa shape index (κ2) is 9.80. The molecule has 4 aromatic rings. The van der Waals surface area contributed by atoms with E-state index in [0.717, 1.165) is 10.9 Å². The lowest BCUT2D eigenvalue weighted by Gasteiger charge is -2.24. The van der Waals surface area contributed by atoms with E-state index in [1.54, 1.807) is 22.9 Å². The Labute approximate surface area is 196 Å². The van der Waals surface area contributed by atoms with E-state index in [1.807, 2.05) is 24.3 Å². The SMILES string of the molecule is O=S(=O)(c1ccc(Cl)cc1)N(Cc1ccco1)CC(O)Cn1cc(/C=N/O)c2ccccc21. The molecule has 33 heavy (non-hydrogen) atoms. The lowest BCUT2D eigenvalue weighted by molar-refractivity contribution is 0.125. The van der Waals surface area contributed by atoms with E-state index in [0.29, 0.717) is 16.3 Å². The van der Waals surface area contributed by atoms with Crippen LogP contribution in [0.3, 0.4) is 0 Å². The fraction of sp³-hybridized carbons (Fsp3) is 0.174. The van der Waals surface area contributed by atoms with Crippen LogP contribution in [-0.4, -0.2) is 46.5 Å². The third-order valence-corrected chi connectivity index (χ3v) is 7.28. The van der Waals surface area contributed by atoms with E-state index in [-0.39, 0.29) is 24.5 Å². The summed E-state index contributed by atoms with van der Waals surface area (Å²) in [6.07, 6.45) is 3.50. The number of nitrogens with zero attached hydrogens (tertiary/aromatic N) is 3. The van der Waals surface area contributed by atoms with E-state index in [9.17, 15) is 13.5 Å². The number of sulfonamides is 1. The third kappa shape index (κ3) is 5.12. The first-order valence-electron chi connectivity index (χ1n) is 10.1. The normalized spacial score (nSPS) is 13.3. The number of fused-ring (bicyclic) bond motifs is 1. The van der Waals surface area contributed by atoms with Gasteiger partial charge >= 0.3 is 0 Å². The van der Waals surface area contributed by atoms with Crippen LogP contribution in [0.5, 0.6) is 0 Å². The Bertz CT molecular complexity index is 1350. The van der Waals surface area contributed by atoms with Crippen molar-refractivity contribution in [3.8, 4) is 0 Å². The number of aliphatic hydroxyl groups excluding tert-OH is 1. The second-order valence-corrected chi connectivity index (χ2v) is 9.86. The molecule has 0 amide bonds. The maximum absolute atomic E-state index is 13.3. The topological polar surface area (TPSA) is 108 Å². The minimum absolute atomic E-state index is 0.0378. The Balaban J connectivity index is 1.61. The van der Waals surface area contributed by atoms with Gasteiger partial charge in [0.1, 0.15) is 5.76 Å². The van der Waals surface area contributed by atoms with Crippen LogP contribution in [0.25, 0.3) is 10.9 Å². The Morgan fingerprint density at radius 3 is 2.58 bits per heavy atom. The van der Waals surface area contributed by atoms with Crippen molar-refractivity contribution in [3.05, 3.63) is 89.5 Å². The number of furan rings is 1. The summed E-state index contributed by atoms with van der Waals surface area (Å²) in [7, 11) is -3.94. The molecule has 0 aliphatic rings. The van der Waals surface area contributed by atoms with Gasteiger partial charge in [-0.15, -0.1) is 0 Å². The van der Waals surface area contributed by atoms with E-state index < -0.39 is 16.1 Å². The van der Waals surface area contributed by atoms with Crippen molar-refractivity contribution in [3.63, 3.8) is 0 Å². The molecule has 1 unspecified atom stereocenters. The molecule has 0 bridgehead atoms. The highest BCUT2D eigenvalue weighted by molar-refractivity contribution is 7.89. The number of oxime groups is 1. The van der Waals surface area contributed by atoms with Crippen LogP contribution in [0.4, 0.5) is 0 Å². The van der Waals surface area contributed by atoms with Crippen molar-refractivity contribution in [2.75, 3.05) is 6.54 Å². The first-order valence-corrected chi connectivity index (χ1v) is 11.9. The molecule has 172 valence electrons. The maximum Gasteiger partial charge on any atom is 0.243 e. The average Bonchev–Trinajstić information content (AvgIpc) is 3.42. The summed E-state index contributed by atoms with van der Waals surface area (Å²) < 4.78 is 35.0. The highest BCUT2D eigenvalue weighted by Gasteiger charge is 2.28. The minimum atomic E-state index is -3.94. The molecule has 1 atom stereocenters. The Morgan fingerprint density at radius 1 is 1.12 bits per heavy atom. The summed E-state index contributed by atoms with van der Waals surface area (Å²) in [5.74, 6) is 0.451. The molecule has 10 heteroatoms. The molecule has 0 radical (unpaired) electrons. The number of halogens is 1. The zero-order valence-electron chi connectivity index (χ0n) is 17.5. The first-order chi connectivity index (χ1) is 15.9. The highest BCUT2D eigenvalue weighted by atomic mass is 35.5. The number of rotatable bonds is 9. The molecule has 0 saturated carbocycles. The van der Waals surface area contributed by atoms with Crippen LogP contribution in [0.15, 0.2) is 87.6 Å². The Morgan fingerprint density at radius 2 is 1.88 bits per heavy atom. The molecule has 0 aliphatic carbocycles. The van der Waals surface area contributed by atoms with Gasteiger partial charge in [-0.2, -0.15) is 4.31 Å². The van der Waals surface area contributed by atoms with Gasteiger partial charge in [-0.25, -0.2) is 8.42 Å². The molecule has 2 N–H and O–H groups in total. The lowest BCUT2D eigenvalue weighted by atomic mass is 10.2. The summed E-state index contributed by atoms with van der Waals surface area (Å²) >= 11 is 5.91. The Hall–Kier alpha value is -3.11. The molecule has 0 spiro atoms. The van der Waals surface area contributed by atoms with Gasteiger partial charge in [0, 0.05) is 40.8 Å². The quantitative estimate of drug-likeness (QED) is 0.211. The fourth-order valence-electron chi connectivity index (χ4n) is 3.69. The van der Waals surface area contributed by atoms with Crippen molar-refractivity contribution in [1.29, 1.82) is 0 Å². The van der Waals surface area contributed by atoms with Crippen molar-refractivity contribution in [2.45, 2.75) is 24.1 Å². The fourth-order valence-corrected chi connectivity index (χ4v) is 5.26. The summed E-state index contributed by atoms with van der Waals surface area (Å²) in [6.45, 7) is -0.0734. The van der Waals surface area contributed by atoms with E-state index >= 15 is 0 Å². The molecular weight excluding hydrogens is 466 g/mol. The number of hydrogen-bond donors (Lipinski definition) is 2. The van der Waals surface area contributed by atoms with Crippen molar-refractivity contribution in [1.82, 2.24) is 8.87 Å². The van der Waals surface area contributed by atoms with E-state index in [1.165, 1.54) is 41.0 Å². The van der Waals surface area contributed by atoms with Gasteiger partial charge in [-0.1, -0.05) is 35.0 Å². The number of aromatic nitrogens is 1. The standard InChI is InChI=1S/C23H22ClN3O5S/c24-18-7-9-21(10-8-18)33(30,31)27(16-20-4-3-11-32-20)15-19(28)14-26-13-17(12-25-29)22-5-1-2-6-23(22)26/h1-13,19,28-29H,14-16H2/b25-12+. The molecule has 2 aromatic heterocycles. The van der Waals surface area contributed by atoms with Crippen molar-refractivity contribution < 1.29 is 23.1 Å². The first kappa shape index (κ1) is 23.1. The molecule has 0 saturated heterocycles. The summed E-state index contributed by atoms with van der Waals surface area (Å²) in [5.41, 5.74) is 1.51. The van der Waals surface area contributed by atoms with Crippen LogP contribution in [0, 0.1) is 0 Å². The van der Waals surface area contributed by atoms with Crippen LogP contribution in [0.2, 0.25) is 5.02 Å². The highest BCUT2D eigenvalue weighted by Crippen LogP contribution is 2.23. The molecule has 8 nitrogen and oxygen atoms in total. The van der Waals surface area contributed by atoms with Crippen molar-refractivity contribution >= 4 is 38.7 Å². The Kier molecular flexibility index (Phi) is 6.85. The smallest absolute Gasteiger partial charge is 0.243 e. The van der Waals surface area contributed by atoms with Gasteiger partial charge in [0.15, 0.2) is 0 Å². The largest absolute Gasteiger partial charge is 0.468 e. The van der Waals surface area contributed by atoms with Gasteiger partial charge < -0.3 is 19.3 Å². The van der Waals surface area contributed by atoms with Gasteiger partial charge in [0.2, 0.25) is 10.0 Å². The molecule has 2 aromatic carbocycles. The summed E-state index contributed by atoms with van der Waals surface area (Å²) in [6, 6.07) is 16.7. The molecule has 2 heterocycles. The van der Waals surface area contributed by atoms with Gasteiger partial charge in [0.05, 0.1) is 30.0 Å². The van der Waals surface area contributed by atoms with Crippen LogP contribution < -0.4 is 0 Å². The van der Waals surface area contributed by atoms with Crippen LogP contribution in [0.1, 0.15) is 11.3 Å². The van der Waals surface area contributed by atoms with Gasteiger partial charge in [0.25, 0.3) is 0 Å². The van der Waals surface area contributed by atoms with Crippen LogP contribution in [-0.2, 0) is 23.1 Å². The van der Waals surface area contributed by atoms with Gasteiger partial charge in [-0.05, 0) is 42.5 Å². The number of para-hydroxylation sites is 1. The van der Waals surface area contributed by atoms with Crippen LogP contribution >= 0.6 is 11.6 Å². The minimum Gasteiger partial charge on any atom is -0.468 e. The zero-order chi connectivity index (χ0) is 23.4. The molecule has 0 fully saturated rings. The molecular formula is C23H22ClN3O5S. The molecule has 4 rings (SSSR count). The lowest BCUT2D eigenvalue weighted by Crippen LogP contribution is -2.38.